The van der Waals surface area contributed by atoms with Crippen LogP contribution in [0.3, 0.4) is 0 Å². The molecule has 1 aromatic carbocycles. The van der Waals surface area contributed by atoms with E-state index in [9.17, 15) is 4.39 Å². The molecule has 1 aromatic rings. The van der Waals surface area contributed by atoms with Crippen molar-refractivity contribution in [2.75, 3.05) is 24.6 Å². The fourth-order valence-corrected chi connectivity index (χ4v) is 3.70. The van der Waals surface area contributed by atoms with E-state index in [0.29, 0.717) is 17.6 Å². The highest BCUT2D eigenvalue weighted by atomic mass is 35.5. The Morgan fingerprint density at radius 3 is 2.94 bits per heavy atom. The second-order valence-electron chi connectivity index (χ2n) is 4.62. The summed E-state index contributed by atoms with van der Waals surface area (Å²) in [6.45, 7) is 3.66. The number of halogens is 2. The van der Waals surface area contributed by atoms with Crippen molar-refractivity contribution in [2.24, 2.45) is 5.73 Å². The number of benzene rings is 1. The zero-order chi connectivity index (χ0) is 13.1. The zero-order valence-electron chi connectivity index (χ0n) is 10.4. The van der Waals surface area contributed by atoms with Crippen molar-refractivity contribution < 1.29 is 4.39 Å². The molecule has 0 saturated carbocycles. The molecule has 18 heavy (non-hydrogen) atoms. The largest absolute Gasteiger partial charge is 0.329 e. The normalized spacial score (nSPS) is 23.0. The van der Waals surface area contributed by atoms with Gasteiger partial charge in [-0.25, -0.2) is 4.39 Å². The van der Waals surface area contributed by atoms with Gasteiger partial charge in [0, 0.05) is 41.7 Å². The van der Waals surface area contributed by atoms with Crippen LogP contribution in [0.25, 0.3) is 0 Å². The summed E-state index contributed by atoms with van der Waals surface area (Å²) in [5.74, 6) is 1.90. The van der Waals surface area contributed by atoms with Gasteiger partial charge in [-0.1, -0.05) is 11.6 Å². The zero-order valence-corrected chi connectivity index (χ0v) is 12.0. The van der Waals surface area contributed by atoms with E-state index in [0.717, 1.165) is 23.6 Å². The number of rotatable bonds is 3. The average Bonchev–Trinajstić information content (AvgIpc) is 2.31. The quantitative estimate of drug-likeness (QED) is 0.927. The molecule has 1 heterocycles. The molecule has 2 unspecified atom stereocenters. The molecular weight excluding hydrogens is 271 g/mol. The van der Waals surface area contributed by atoms with Crippen LogP contribution in [0.4, 0.5) is 4.39 Å². The maximum Gasteiger partial charge on any atom is 0.125 e. The van der Waals surface area contributed by atoms with Gasteiger partial charge in [0.15, 0.2) is 0 Å². The minimum atomic E-state index is -0.296. The molecule has 1 saturated heterocycles. The summed E-state index contributed by atoms with van der Waals surface area (Å²) in [4.78, 5) is 2.35. The van der Waals surface area contributed by atoms with Crippen LogP contribution in [0.1, 0.15) is 18.5 Å². The lowest BCUT2D eigenvalue weighted by Gasteiger charge is -2.39. The molecule has 0 bridgehead atoms. The summed E-state index contributed by atoms with van der Waals surface area (Å²) in [5, 5.41) is 0.433. The molecule has 1 fully saturated rings. The molecule has 2 nitrogen and oxygen atoms in total. The fraction of sp³-hybridized carbons (Fsp3) is 0.538. The lowest BCUT2D eigenvalue weighted by Crippen LogP contribution is -2.45. The number of thioether (sulfide) groups is 1. The summed E-state index contributed by atoms with van der Waals surface area (Å²) in [7, 11) is 0. The Hall–Kier alpha value is -0.290. The Balaban J connectivity index is 2.26. The van der Waals surface area contributed by atoms with Gasteiger partial charge in [0.25, 0.3) is 0 Å². The second kappa shape index (κ2) is 6.24. The predicted molar refractivity (Wildman–Crippen MR) is 76.7 cm³/mol. The number of hydrogen-bond donors (Lipinski definition) is 1. The van der Waals surface area contributed by atoms with Crippen LogP contribution in [-0.2, 0) is 0 Å². The first kappa shape index (κ1) is 14.1. The van der Waals surface area contributed by atoms with E-state index in [1.165, 1.54) is 12.1 Å². The lowest BCUT2D eigenvalue weighted by atomic mass is 10.0. The van der Waals surface area contributed by atoms with Crippen LogP contribution >= 0.6 is 23.4 Å². The molecule has 0 radical (unpaired) electrons. The highest BCUT2D eigenvalue weighted by Gasteiger charge is 2.27. The van der Waals surface area contributed by atoms with E-state index >= 15 is 0 Å². The first-order chi connectivity index (χ1) is 8.61. The topological polar surface area (TPSA) is 29.3 Å². The number of hydrogen-bond acceptors (Lipinski definition) is 3. The van der Waals surface area contributed by atoms with Gasteiger partial charge < -0.3 is 5.73 Å². The standard InChI is InChI=1S/C13H18ClFN2S/c1-9-8-18-3-2-17(9)13(7-16)10-4-11(14)6-12(15)5-10/h4-6,9,13H,2-3,7-8,16H2,1H3. The molecular formula is C13H18ClFN2S. The summed E-state index contributed by atoms with van der Waals surface area (Å²) >= 11 is 7.88. The first-order valence-corrected chi connectivity index (χ1v) is 7.64. The van der Waals surface area contributed by atoms with Crippen LogP contribution in [0.5, 0.6) is 0 Å². The van der Waals surface area contributed by atoms with Crippen molar-refractivity contribution in [3.05, 3.63) is 34.6 Å². The van der Waals surface area contributed by atoms with Crippen molar-refractivity contribution in [3.63, 3.8) is 0 Å². The monoisotopic (exact) mass is 288 g/mol. The Kier molecular flexibility index (Phi) is 4.90. The Morgan fingerprint density at radius 2 is 2.33 bits per heavy atom. The van der Waals surface area contributed by atoms with Crippen molar-refractivity contribution in [2.45, 2.75) is 19.0 Å². The fourth-order valence-electron chi connectivity index (χ4n) is 2.43. The van der Waals surface area contributed by atoms with Crippen molar-refractivity contribution in [1.29, 1.82) is 0 Å². The molecule has 0 aromatic heterocycles. The molecule has 1 aliphatic heterocycles. The van der Waals surface area contributed by atoms with Crippen molar-refractivity contribution in [1.82, 2.24) is 4.90 Å². The highest BCUT2D eigenvalue weighted by Crippen LogP contribution is 2.29. The van der Waals surface area contributed by atoms with Crippen LogP contribution in [0.2, 0.25) is 5.02 Å². The predicted octanol–water partition coefficient (Wildman–Crippen LogP) is 2.92. The molecule has 1 aliphatic rings. The third-order valence-corrected chi connectivity index (χ3v) is 4.72. The summed E-state index contributed by atoms with van der Waals surface area (Å²) < 4.78 is 13.4. The summed E-state index contributed by atoms with van der Waals surface area (Å²) in [6.07, 6.45) is 0. The molecule has 5 heteroatoms. The van der Waals surface area contributed by atoms with Gasteiger partial charge in [-0.3, -0.25) is 4.90 Å². The highest BCUT2D eigenvalue weighted by molar-refractivity contribution is 7.99. The number of nitrogens with zero attached hydrogens (tertiary/aromatic N) is 1. The maximum absolute atomic E-state index is 13.4. The van der Waals surface area contributed by atoms with Crippen molar-refractivity contribution in [3.8, 4) is 0 Å². The SMILES string of the molecule is CC1CSCCN1C(CN)c1cc(F)cc(Cl)c1. The van der Waals surface area contributed by atoms with Gasteiger partial charge in [-0.05, 0) is 30.7 Å². The van der Waals surface area contributed by atoms with Gasteiger partial charge in [0.1, 0.15) is 5.82 Å². The van der Waals surface area contributed by atoms with Gasteiger partial charge in [0.2, 0.25) is 0 Å². The van der Waals surface area contributed by atoms with E-state index < -0.39 is 0 Å². The van der Waals surface area contributed by atoms with E-state index in [4.69, 9.17) is 17.3 Å². The van der Waals surface area contributed by atoms with Crippen LogP contribution in [0, 0.1) is 5.82 Å². The Labute approximate surface area is 117 Å². The molecule has 100 valence electrons. The van der Waals surface area contributed by atoms with Gasteiger partial charge in [-0.2, -0.15) is 11.8 Å². The Bertz CT molecular complexity index is 396. The van der Waals surface area contributed by atoms with E-state index in [1.54, 1.807) is 0 Å². The van der Waals surface area contributed by atoms with E-state index in [2.05, 4.69) is 11.8 Å². The van der Waals surface area contributed by atoms with Gasteiger partial charge in [-0.15, -0.1) is 0 Å². The van der Waals surface area contributed by atoms with Gasteiger partial charge in [0.05, 0.1) is 0 Å². The molecule has 2 atom stereocenters. The summed E-state index contributed by atoms with van der Waals surface area (Å²) in [6, 6.07) is 5.19. The molecule has 2 rings (SSSR count). The second-order valence-corrected chi connectivity index (χ2v) is 6.20. The van der Waals surface area contributed by atoms with Crippen LogP contribution in [0.15, 0.2) is 18.2 Å². The third kappa shape index (κ3) is 3.18. The van der Waals surface area contributed by atoms with Crippen LogP contribution in [-0.4, -0.2) is 35.5 Å². The lowest BCUT2D eigenvalue weighted by molar-refractivity contribution is 0.165. The Morgan fingerprint density at radius 1 is 1.56 bits per heavy atom. The molecule has 2 N–H and O–H groups in total. The molecule has 0 aliphatic carbocycles. The van der Waals surface area contributed by atoms with E-state index in [1.807, 2.05) is 17.8 Å². The molecule has 0 amide bonds. The van der Waals surface area contributed by atoms with Crippen LogP contribution < -0.4 is 5.73 Å². The molecule has 0 spiro atoms. The summed E-state index contributed by atoms with van der Waals surface area (Å²) in [5.41, 5.74) is 6.76. The van der Waals surface area contributed by atoms with Gasteiger partial charge >= 0.3 is 0 Å². The number of nitrogens with two attached hydrogens (primary N) is 1. The minimum absolute atomic E-state index is 0.0501. The average molecular weight is 289 g/mol. The minimum Gasteiger partial charge on any atom is -0.329 e. The van der Waals surface area contributed by atoms with E-state index in [-0.39, 0.29) is 11.9 Å². The maximum atomic E-state index is 13.4. The third-order valence-electron chi connectivity index (χ3n) is 3.31. The van der Waals surface area contributed by atoms with Crippen molar-refractivity contribution >= 4 is 23.4 Å². The smallest absolute Gasteiger partial charge is 0.125 e. The first-order valence-electron chi connectivity index (χ1n) is 6.11.